The maximum atomic E-state index is 5.79. The fourth-order valence-corrected chi connectivity index (χ4v) is 3.65. The van der Waals surface area contributed by atoms with Crippen molar-refractivity contribution >= 4 is 0 Å². The quantitative estimate of drug-likeness (QED) is 0.830. The van der Waals surface area contributed by atoms with Gasteiger partial charge in [0.2, 0.25) is 0 Å². The van der Waals surface area contributed by atoms with Crippen LogP contribution in [0.15, 0.2) is 0 Å². The van der Waals surface area contributed by atoms with Gasteiger partial charge in [-0.2, -0.15) is 0 Å². The molecule has 0 bridgehead atoms. The van der Waals surface area contributed by atoms with Gasteiger partial charge in [0.25, 0.3) is 0 Å². The number of ether oxygens (including phenoxy) is 1. The monoisotopic (exact) mass is 268 g/mol. The maximum absolute atomic E-state index is 5.79. The minimum absolute atomic E-state index is 0.240. The summed E-state index contributed by atoms with van der Waals surface area (Å²) in [7, 11) is 0. The van der Waals surface area contributed by atoms with E-state index < -0.39 is 0 Å². The lowest BCUT2D eigenvalue weighted by Crippen LogP contribution is -2.68. The van der Waals surface area contributed by atoms with Gasteiger partial charge >= 0.3 is 0 Å². The van der Waals surface area contributed by atoms with E-state index in [1.807, 2.05) is 0 Å². The second kappa shape index (κ2) is 6.11. The van der Waals surface area contributed by atoms with Crippen LogP contribution in [0.1, 0.15) is 59.8 Å². The molecule has 0 radical (unpaired) electrons. The van der Waals surface area contributed by atoms with E-state index in [1.165, 1.54) is 38.6 Å². The van der Waals surface area contributed by atoms with Gasteiger partial charge in [0.05, 0.1) is 6.10 Å². The third kappa shape index (κ3) is 3.50. The van der Waals surface area contributed by atoms with Crippen LogP contribution < -0.4 is 5.32 Å². The number of rotatable bonds is 5. The first-order valence-corrected chi connectivity index (χ1v) is 8.13. The van der Waals surface area contributed by atoms with Crippen LogP contribution in [0, 0.1) is 0 Å². The van der Waals surface area contributed by atoms with E-state index >= 15 is 0 Å². The van der Waals surface area contributed by atoms with Gasteiger partial charge in [0.1, 0.15) is 0 Å². The zero-order valence-corrected chi connectivity index (χ0v) is 13.3. The molecule has 0 aromatic heterocycles. The summed E-state index contributed by atoms with van der Waals surface area (Å²) >= 11 is 0. The number of piperazine rings is 1. The van der Waals surface area contributed by atoms with Crippen molar-refractivity contribution in [1.82, 2.24) is 10.2 Å². The van der Waals surface area contributed by atoms with E-state index in [2.05, 4.69) is 37.9 Å². The van der Waals surface area contributed by atoms with Gasteiger partial charge in [-0.25, -0.2) is 0 Å². The highest BCUT2D eigenvalue weighted by atomic mass is 16.5. The molecule has 2 saturated heterocycles. The summed E-state index contributed by atoms with van der Waals surface area (Å²) in [4.78, 5) is 2.74. The molecule has 19 heavy (non-hydrogen) atoms. The third-order valence-electron chi connectivity index (χ3n) is 5.21. The fraction of sp³-hybridized carbons (Fsp3) is 1.00. The minimum atomic E-state index is 0.240. The predicted molar refractivity (Wildman–Crippen MR) is 80.6 cm³/mol. The molecular weight excluding hydrogens is 236 g/mol. The zero-order chi connectivity index (χ0) is 13.9. The molecule has 0 aromatic carbocycles. The van der Waals surface area contributed by atoms with E-state index in [9.17, 15) is 0 Å². The van der Waals surface area contributed by atoms with E-state index in [0.717, 1.165) is 19.7 Å². The molecule has 0 amide bonds. The van der Waals surface area contributed by atoms with Crippen molar-refractivity contribution in [2.45, 2.75) is 77.0 Å². The number of nitrogens with one attached hydrogen (secondary N) is 1. The van der Waals surface area contributed by atoms with Crippen LogP contribution in [0.4, 0.5) is 0 Å². The normalized spacial score (nSPS) is 30.6. The number of hydrogen-bond acceptors (Lipinski definition) is 3. The highest BCUT2D eigenvalue weighted by molar-refractivity contribution is 5.01. The van der Waals surface area contributed by atoms with Gasteiger partial charge in [0, 0.05) is 37.3 Å². The van der Waals surface area contributed by atoms with Gasteiger partial charge in [0.15, 0.2) is 0 Å². The van der Waals surface area contributed by atoms with Gasteiger partial charge in [-0.15, -0.1) is 0 Å². The Bertz CT molecular complexity index is 280. The Morgan fingerprint density at radius 3 is 2.58 bits per heavy atom. The Hall–Kier alpha value is -0.120. The standard InChI is InChI=1S/C16H32N2O/c1-5-16(6-2)12-17-15(3,4)13-18(16)10-9-14-8-7-11-19-14/h14,17H,5-13H2,1-4H3. The smallest absolute Gasteiger partial charge is 0.0588 e. The largest absolute Gasteiger partial charge is 0.378 e. The van der Waals surface area contributed by atoms with Crippen molar-refractivity contribution in [2.75, 3.05) is 26.2 Å². The van der Waals surface area contributed by atoms with E-state index in [-0.39, 0.29) is 5.54 Å². The molecule has 1 N–H and O–H groups in total. The Labute approximate surface area is 119 Å². The van der Waals surface area contributed by atoms with E-state index in [1.54, 1.807) is 0 Å². The van der Waals surface area contributed by atoms with E-state index in [0.29, 0.717) is 11.6 Å². The highest BCUT2D eigenvalue weighted by Gasteiger charge is 2.41. The SMILES string of the molecule is CCC1(CC)CNC(C)(C)CN1CCC1CCCO1. The van der Waals surface area contributed by atoms with Crippen LogP contribution in [0.2, 0.25) is 0 Å². The molecule has 2 aliphatic rings. The second-order valence-electron chi connectivity index (χ2n) is 7.01. The molecule has 0 aromatic rings. The molecule has 112 valence electrons. The molecule has 3 heteroatoms. The van der Waals surface area contributed by atoms with Crippen LogP contribution in [0.5, 0.6) is 0 Å². The fourth-order valence-electron chi connectivity index (χ4n) is 3.65. The summed E-state index contributed by atoms with van der Waals surface area (Å²) in [6.45, 7) is 13.8. The molecule has 2 heterocycles. The molecule has 0 saturated carbocycles. The molecule has 2 rings (SSSR count). The first-order valence-electron chi connectivity index (χ1n) is 8.13. The van der Waals surface area contributed by atoms with Crippen molar-refractivity contribution < 1.29 is 4.74 Å². The van der Waals surface area contributed by atoms with Gasteiger partial charge in [-0.3, -0.25) is 4.90 Å². The molecule has 1 unspecified atom stereocenters. The Kier molecular flexibility index (Phi) is 4.91. The first-order chi connectivity index (χ1) is 9.01. The van der Waals surface area contributed by atoms with Crippen LogP contribution in [-0.2, 0) is 4.74 Å². The predicted octanol–water partition coefficient (Wildman–Crippen LogP) is 2.80. The van der Waals surface area contributed by atoms with Gasteiger partial charge < -0.3 is 10.1 Å². The molecule has 0 aliphatic carbocycles. The molecular formula is C16H32N2O. The summed E-state index contributed by atoms with van der Waals surface area (Å²) in [6.07, 6.45) is 6.71. The summed E-state index contributed by atoms with van der Waals surface area (Å²) < 4.78 is 5.79. The maximum Gasteiger partial charge on any atom is 0.0588 e. The third-order valence-corrected chi connectivity index (χ3v) is 5.21. The lowest BCUT2D eigenvalue weighted by molar-refractivity contribution is -0.00401. The van der Waals surface area contributed by atoms with Crippen LogP contribution >= 0.6 is 0 Å². The zero-order valence-electron chi connectivity index (χ0n) is 13.3. The minimum Gasteiger partial charge on any atom is -0.378 e. The van der Waals surface area contributed by atoms with Gasteiger partial charge in [-0.1, -0.05) is 13.8 Å². The van der Waals surface area contributed by atoms with Crippen molar-refractivity contribution in [1.29, 1.82) is 0 Å². The summed E-state index contributed by atoms with van der Waals surface area (Å²) in [5.41, 5.74) is 0.596. The number of hydrogen-bond donors (Lipinski definition) is 1. The van der Waals surface area contributed by atoms with Gasteiger partial charge in [-0.05, 0) is 46.0 Å². The average Bonchev–Trinajstić information content (AvgIpc) is 2.90. The van der Waals surface area contributed by atoms with Crippen LogP contribution in [-0.4, -0.2) is 48.3 Å². The highest BCUT2D eigenvalue weighted by Crippen LogP contribution is 2.30. The van der Waals surface area contributed by atoms with Crippen LogP contribution in [0.3, 0.4) is 0 Å². The molecule has 1 atom stereocenters. The van der Waals surface area contributed by atoms with Crippen molar-refractivity contribution in [3.8, 4) is 0 Å². The van der Waals surface area contributed by atoms with E-state index in [4.69, 9.17) is 4.74 Å². The van der Waals surface area contributed by atoms with Crippen molar-refractivity contribution in [2.24, 2.45) is 0 Å². The Morgan fingerprint density at radius 2 is 2.00 bits per heavy atom. The Morgan fingerprint density at radius 1 is 1.26 bits per heavy atom. The summed E-state index contributed by atoms with van der Waals surface area (Å²) in [5.74, 6) is 0. The van der Waals surface area contributed by atoms with Crippen molar-refractivity contribution in [3.05, 3.63) is 0 Å². The average molecular weight is 268 g/mol. The summed E-state index contributed by atoms with van der Waals surface area (Å²) in [6, 6.07) is 0. The molecule has 3 nitrogen and oxygen atoms in total. The molecule has 0 spiro atoms. The Balaban J connectivity index is 1.98. The van der Waals surface area contributed by atoms with Crippen LogP contribution in [0.25, 0.3) is 0 Å². The van der Waals surface area contributed by atoms with Crippen molar-refractivity contribution in [3.63, 3.8) is 0 Å². The molecule has 2 aliphatic heterocycles. The first kappa shape index (κ1) is 15.3. The second-order valence-corrected chi connectivity index (χ2v) is 7.01. The summed E-state index contributed by atoms with van der Waals surface area (Å²) in [5, 5.41) is 3.74. The lowest BCUT2D eigenvalue weighted by atomic mass is 9.84. The topological polar surface area (TPSA) is 24.5 Å². The number of nitrogens with zero attached hydrogens (tertiary/aromatic N) is 1. The molecule has 2 fully saturated rings. The lowest BCUT2D eigenvalue weighted by Gasteiger charge is -2.53.